The number of thioether (sulfide) groups is 1. The lowest BCUT2D eigenvalue weighted by molar-refractivity contribution is -0.121. The van der Waals surface area contributed by atoms with Crippen molar-refractivity contribution in [1.82, 2.24) is 0 Å². The molecule has 5 rings (SSSR count). The average molecular weight is 507 g/mol. The number of rotatable bonds is 6. The molecule has 1 unspecified atom stereocenters. The number of hydrogen-bond donors (Lipinski definition) is 1. The number of fused-ring (bicyclic) bond motifs is 2. The molecule has 0 saturated carbocycles. The Labute approximate surface area is 212 Å². The minimum atomic E-state index is -0.402. The number of para-hydroxylation sites is 1. The van der Waals surface area contributed by atoms with E-state index in [0.717, 1.165) is 45.8 Å². The normalized spacial score (nSPS) is 16.9. The Bertz CT molecular complexity index is 1270. The van der Waals surface area contributed by atoms with Crippen LogP contribution in [0.2, 0.25) is 0 Å². The van der Waals surface area contributed by atoms with Gasteiger partial charge in [0.2, 0.25) is 11.8 Å². The maximum Gasteiger partial charge on any atom is 0.341 e. The van der Waals surface area contributed by atoms with Gasteiger partial charge in [0, 0.05) is 21.4 Å². The van der Waals surface area contributed by atoms with Crippen molar-refractivity contribution < 1.29 is 19.1 Å². The Morgan fingerprint density at radius 2 is 1.86 bits per heavy atom. The number of aryl methyl sites for hydroxylation is 1. The number of carbonyl (C=O) groups is 3. The van der Waals surface area contributed by atoms with E-state index in [9.17, 15) is 14.4 Å². The Balaban J connectivity index is 1.39. The van der Waals surface area contributed by atoms with Gasteiger partial charge in [-0.3, -0.25) is 9.59 Å². The van der Waals surface area contributed by atoms with E-state index in [1.54, 1.807) is 23.6 Å². The summed E-state index contributed by atoms with van der Waals surface area (Å²) in [5, 5.41) is 3.40. The summed E-state index contributed by atoms with van der Waals surface area (Å²) in [7, 11) is 0. The van der Waals surface area contributed by atoms with Crippen molar-refractivity contribution in [3.63, 3.8) is 0 Å². The van der Waals surface area contributed by atoms with Crippen molar-refractivity contribution in [3.8, 4) is 0 Å². The van der Waals surface area contributed by atoms with Crippen molar-refractivity contribution in [2.45, 2.75) is 42.8 Å². The lowest BCUT2D eigenvalue weighted by Gasteiger charge is -2.22. The van der Waals surface area contributed by atoms with Crippen LogP contribution in [0.4, 0.5) is 10.7 Å². The van der Waals surface area contributed by atoms with Crippen LogP contribution >= 0.6 is 23.1 Å². The first-order chi connectivity index (χ1) is 17.0. The molecule has 0 saturated heterocycles. The number of ether oxygens (including phenoxy) is 1. The van der Waals surface area contributed by atoms with Gasteiger partial charge in [0.1, 0.15) is 11.5 Å². The number of nitrogens with zero attached hydrogens (tertiary/aromatic N) is 1. The third-order valence-corrected chi connectivity index (χ3v) is 8.74. The zero-order valence-corrected chi connectivity index (χ0v) is 21.0. The fraction of sp³-hybridized carbons (Fsp3) is 0.296. The standard InChI is InChI=1S/C27H26N2O4S2/c1-2-33-27(32)25-18-11-8-14-20(18)35-26(25)28-23(30)16-29-19-12-6-7-13-21(19)34-22(15-24(29)31)17-9-4-3-5-10-17/h3-7,9-10,12-13,22H,2,8,11,14-16H2,1H3,(H,28,30). The highest BCUT2D eigenvalue weighted by atomic mass is 32.2. The summed E-state index contributed by atoms with van der Waals surface area (Å²) in [6, 6.07) is 17.7. The SMILES string of the molecule is CCOC(=O)c1c(NC(=O)CN2C(=O)CC(c3ccccc3)Sc3ccccc32)sc2c1CCC2. The van der Waals surface area contributed by atoms with E-state index in [1.165, 1.54) is 11.3 Å². The van der Waals surface area contributed by atoms with Crippen LogP contribution in [0.15, 0.2) is 59.5 Å². The van der Waals surface area contributed by atoms with E-state index in [2.05, 4.69) is 5.32 Å². The minimum Gasteiger partial charge on any atom is -0.462 e. The van der Waals surface area contributed by atoms with Gasteiger partial charge in [-0.2, -0.15) is 0 Å². The number of nitrogens with one attached hydrogen (secondary N) is 1. The first-order valence-electron chi connectivity index (χ1n) is 11.8. The number of benzene rings is 2. The molecule has 180 valence electrons. The molecule has 1 aromatic heterocycles. The van der Waals surface area contributed by atoms with Crippen LogP contribution < -0.4 is 10.2 Å². The van der Waals surface area contributed by atoms with Crippen molar-refractivity contribution in [1.29, 1.82) is 0 Å². The van der Waals surface area contributed by atoms with Crippen LogP contribution in [0.3, 0.4) is 0 Å². The summed E-state index contributed by atoms with van der Waals surface area (Å²) in [5.74, 6) is -0.840. The van der Waals surface area contributed by atoms with Crippen LogP contribution in [0.5, 0.6) is 0 Å². The number of esters is 1. The lowest BCUT2D eigenvalue weighted by Crippen LogP contribution is -2.38. The molecule has 2 aliphatic rings. The maximum atomic E-state index is 13.4. The second-order valence-electron chi connectivity index (χ2n) is 8.50. The zero-order valence-electron chi connectivity index (χ0n) is 19.4. The third kappa shape index (κ3) is 4.86. The van der Waals surface area contributed by atoms with Crippen molar-refractivity contribution in [2.24, 2.45) is 0 Å². The van der Waals surface area contributed by atoms with Crippen LogP contribution in [0.1, 0.15) is 51.4 Å². The van der Waals surface area contributed by atoms with Crippen LogP contribution in [0, 0.1) is 0 Å². The number of amides is 2. The van der Waals surface area contributed by atoms with E-state index in [1.807, 2.05) is 54.6 Å². The lowest BCUT2D eigenvalue weighted by atomic mass is 10.1. The molecule has 2 heterocycles. The van der Waals surface area contributed by atoms with Gasteiger partial charge < -0.3 is 15.0 Å². The van der Waals surface area contributed by atoms with Gasteiger partial charge >= 0.3 is 5.97 Å². The summed E-state index contributed by atoms with van der Waals surface area (Å²) in [5.41, 5.74) is 3.27. The fourth-order valence-corrected chi connectivity index (χ4v) is 7.20. The molecule has 0 radical (unpaired) electrons. The van der Waals surface area contributed by atoms with E-state index in [4.69, 9.17) is 4.74 Å². The monoisotopic (exact) mass is 506 g/mol. The summed E-state index contributed by atoms with van der Waals surface area (Å²) >= 11 is 3.08. The summed E-state index contributed by atoms with van der Waals surface area (Å²) in [4.78, 5) is 42.9. The fourth-order valence-electron chi connectivity index (χ4n) is 4.63. The second-order valence-corrected chi connectivity index (χ2v) is 10.8. The Morgan fingerprint density at radius 3 is 2.66 bits per heavy atom. The molecule has 0 spiro atoms. The molecule has 3 aromatic rings. The molecule has 1 aliphatic carbocycles. The number of anilines is 2. The minimum absolute atomic E-state index is 0.0337. The largest absolute Gasteiger partial charge is 0.462 e. The van der Waals surface area contributed by atoms with Crippen molar-refractivity contribution >= 4 is 51.6 Å². The number of carbonyl (C=O) groups excluding carboxylic acids is 3. The predicted octanol–water partition coefficient (Wildman–Crippen LogP) is 5.62. The molecular weight excluding hydrogens is 480 g/mol. The molecule has 8 heteroatoms. The van der Waals surface area contributed by atoms with Gasteiger partial charge in [0.25, 0.3) is 0 Å². The molecule has 35 heavy (non-hydrogen) atoms. The van der Waals surface area contributed by atoms with E-state index >= 15 is 0 Å². The van der Waals surface area contributed by atoms with Gasteiger partial charge in [-0.05, 0) is 49.4 Å². The maximum absolute atomic E-state index is 13.4. The Morgan fingerprint density at radius 1 is 1.09 bits per heavy atom. The number of thiophene rings is 1. The first kappa shape index (κ1) is 23.6. The Kier molecular flexibility index (Phi) is 6.92. The first-order valence-corrected chi connectivity index (χ1v) is 13.5. The molecule has 1 aliphatic heterocycles. The van der Waals surface area contributed by atoms with Gasteiger partial charge in [-0.1, -0.05) is 42.5 Å². The van der Waals surface area contributed by atoms with Gasteiger partial charge in [-0.25, -0.2) is 4.79 Å². The smallest absolute Gasteiger partial charge is 0.341 e. The third-order valence-electron chi connectivity index (χ3n) is 6.21. The molecule has 0 fully saturated rings. The zero-order chi connectivity index (χ0) is 24.4. The average Bonchev–Trinajstić information content (AvgIpc) is 3.40. The van der Waals surface area contributed by atoms with Crippen LogP contribution in [0.25, 0.3) is 0 Å². The van der Waals surface area contributed by atoms with Crippen LogP contribution in [-0.4, -0.2) is 30.9 Å². The van der Waals surface area contributed by atoms with Gasteiger partial charge in [-0.15, -0.1) is 23.1 Å². The Hall–Kier alpha value is -3.10. The molecular formula is C27H26N2O4S2. The molecule has 0 bridgehead atoms. The second kappa shape index (κ2) is 10.3. The summed E-state index contributed by atoms with van der Waals surface area (Å²) in [6.45, 7) is 1.92. The molecule has 6 nitrogen and oxygen atoms in total. The van der Waals surface area contributed by atoms with Crippen molar-refractivity contribution in [3.05, 3.63) is 76.2 Å². The topological polar surface area (TPSA) is 75.7 Å². The highest BCUT2D eigenvalue weighted by Crippen LogP contribution is 2.45. The van der Waals surface area contributed by atoms with Gasteiger partial charge in [0.15, 0.2) is 0 Å². The number of hydrogen-bond acceptors (Lipinski definition) is 6. The molecule has 1 atom stereocenters. The summed E-state index contributed by atoms with van der Waals surface area (Å²) in [6.07, 6.45) is 3.00. The highest BCUT2D eigenvalue weighted by molar-refractivity contribution is 7.99. The molecule has 2 amide bonds. The predicted molar refractivity (Wildman–Crippen MR) is 139 cm³/mol. The van der Waals surface area contributed by atoms with E-state index in [-0.39, 0.29) is 36.6 Å². The van der Waals surface area contributed by atoms with E-state index < -0.39 is 5.97 Å². The quantitative estimate of drug-likeness (QED) is 0.439. The summed E-state index contributed by atoms with van der Waals surface area (Å²) < 4.78 is 5.27. The molecule has 1 N–H and O–H groups in total. The van der Waals surface area contributed by atoms with E-state index in [0.29, 0.717) is 10.6 Å². The van der Waals surface area contributed by atoms with Gasteiger partial charge in [0.05, 0.1) is 17.9 Å². The van der Waals surface area contributed by atoms with Crippen molar-refractivity contribution in [2.75, 3.05) is 23.4 Å². The molecule has 2 aromatic carbocycles. The van der Waals surface area contributed by atoms with Crippen LogP contribution in [-0.2, 0) is 27.2 Å². The highest BCUT2D eigenvalue weighted by Gasteiger charge is 2.32.